The number of amides is 2. The fourth-order valence-corrected chi connectivity index (χ4v) is 4.45. The summed E-state index contributed by atoms with van der Waals surface area (Å²) in [5.41, 5.74) is 0.623. The molecular formula is C22H29N5O3. The van der Waals surface area contributed by atoms with Crippen LogP contribution in [0, 0.1) is 5.92 Å². The van der Waals surface area contributed by atoms with Crippen molar-refractivity contribution in [2.24, 2.45) is 5.92 Å². The molecule has 2 fully saturated rings. The molecule has 2 aromatic heterocycles. The number of hydrogen-bond acceptors (Lipinski definition) is 5. The van der Waals surface area contributed by atoms with Gasteiger partial charge in [-0.1, -0.05) is 26.2 Å². The highest BCUT2D eigenvalue weighted by molar-refractivity contribution is 5.93. The molecule has 2 amide bonds. The Morgan fingerprint density at radius 1 is 1.10 bits per heavy atom. The molecule has 0 atom stereocenters. The van der Waals surface area contributed by atoms with E-state index in [4.69, 9.17) is 0 Å². The first-order chi connectivity index (χ1) is 14.6. The summed E-state index contributed by atoms with van der Waals surface area (Å²) in [5.74, 6) is 0.00747. The van der Waals surface area contributed by atoms with Crippen LogP contribution >= 0.6 is 0 Å². The Morgan fingerprint density at radius 3 is 2.50 bits per heavy atom. The van der Waals surface area contributed by atoms with Gasteiger partial charge in [0, 0.05) is 44.8 Å². The van der Waals surface area contributed by atoms with Crippen molar-refractivity contribution in [1.82, 2.24) is 24.3 Å². The van der Waals surface area contributed by atoms with E-state index in [1.165, 1.54) is 0 Å². The molecule has 8 nitrogen and oxygen atoms in total. The normalized spacial score (nSPS) is 17.6. The van der Waals surface area contributed by atoms with Crippen LogP contribution < -0.4 is 5.56 Å². The number of fused-ring (bicyclic) bond motifs is 1. The number of rotatable bonds is 5. The van der Waals surface area contributed by atoms with Crippen LogP contribution in [0.5, 0.6) is 0 Å². The summed E-state index contributed by atoms with van der Waals surface area (Å²) in [4.78, 5) is 51.1. The number of nitrogens with zero attached hydrogens (tertiary/aromatic N) is 5. The second kappa shape index (κ2) is 8.93. The van der Waals surface area contributed by atoms with Gasteiger partial charge in [-0.05, 0) is 31.4 Å². The largest absolute Gasteiger partial charge is 0.339 e. The molecule has 0 unspecified atom stereocenters. The third kappa shape index (κ3) is 3.95. The highest BCUT2D eigenvalue weighted by Gasteiger charge is 2.32. The average Bonchev–Trinajstić information content (AvgIpc) is 3.32. The van der Waals surface area contributed by atoms with E-state index in [2.05, 4.69) is 16.9 Å². The third-order valence-electron chi connectivity index (χ3n) is 6.22. The van der Waals surface area contributed by atoms with Gasteiger partial charge in [-0.25, -0.2) is 9.97 Å². The number of carbonyl (C=O) groups is 2. The third-order valence-corrected chi connectivity index (χ3v) is 6.22. The smallest absolute Gasteiger partial charge is 0.283 e. The molecule has 1 aliphatic heterocycles. The molecule has 0 spiro atoms. The zero-order chi connectivity index (χ0) is 21.1. The lowest BCUT2D eigenvalue weighted by molar-refractivity contribution is -0.136. The first-order valence-corrected chi connectivity index (χ1v) is 11.0. The van der Waals surface area contributed by atoms with Gasteiger partial charge in [-0.15, -0.1) is 0 Å². The summed E-state index contributed by atoms with van der Waals surface area (Å²) >= 11 is 0. The molecule has 0 radical (unpaired) electrons. The van der Waals surface area contributed by atoms with Gasteiger partial charge in [-0.2, -0.15) is 0 Å². The van der Waals surface area contributed by atoms with Crippen molar-refractivity contribution in [3.63, 3.8) is 0 Å². The van der Waals surface area contributed by atoms with Crippen LogP contribution in [0.3, 0.4) is 0 Å². The predicted molar refractivity (Wildman–Crippen MR) is 113 cm³/mol. The molecule has 1 saturated carbocycles. The molecule has 0 bridgehead atoms. The summed E-state index contributed by atoms with van der Waals surface area (Å²) in [6.45, 7) is 4.45. The highest BCUT2D eigenvalue weighted by atomic mass is 16.2. The van der Waals surface area contributed by atoms with Gasteiger partial charge in [0.25, 0.3) is 11.5 Å². The maximum atomic E-state index is 13.1. The Balaban J connectivity index is 1.53. The second-order valence-electron chi connectivity index (χ2n) is 8.22. The van der Waals surface area contributed by atoms with E-state index in [9.17, 15) is 14.4 Å². The number of carbonyl (C=O) groups excluding carboxylic acids is 2. The predicted octanol–water partition coefficient (Wildman–Crippen LogP) is 2.07. The van der Waals surface area contributed by atoms with E-state index in [-0.39, 0.29) is 29.0 Å². The molecule has 4 rings (SSSR count). The summed E-state index contributed by atoms with van der Waals surface area (Å²) in [5, 5.41) is 0. The van der Waals surface area contributed by atoms with Crippen molar-refractivity contribution in [2.75, 3.05) is 26.2 Å². The van der Waals surface area contributed by atoms with E-state index < -0.39 is 0 Å². The van der Waals surface area contributed by atoms with Crippen molar-refractivity contribution < 1.29 is 9.59 Å². The molecule has 160 valence electrons. The molecule has 0 aromatic carbocycles. The summed E-state index contributed by atoms with van der Waals surface area (Å²) in [6.07, 6.45) is 7.60. The first-order valence-electron chi connectivity index (χ1n) is 11.0. The van der Waals surface area contributed by atoms with E-state index in [1.807, 2.05) is 4.90 Å². The number of aromatic nitrogens is 3. The molecule has 1 saturated heterocycles. The van der Waals surface area contributed by atoms with Crippen molar-refractivity contribution in [2.45, 2.75) is 52.0 Å². The van der Waals surface area contributed by atoms with Crippen LogP contribution in [0.4, 0.5) is 0 Å². The van der Waals surface area contributed by atoms with Crippen molar-refractivity contribution in [3.8, 4) is 0 Å². The lowest BCUT2D eigenvalue weighted by Crippen LogP contribution is -2.52. The van der Waals surface area contributed by atoms with E-state index >= 15 is 0 Å². The molecule has 8 heteroatoms. The molecular weight excluding hydrogens is 382 g/mol. The van der Waals surface area contributed by atoms with Crippen molar-refractivity contribution in [1.29, 1.82) is 0 Å². The maximum absolute atomic E-state index is 13.1. The number of unbranched alkanes of at least 4 members (excludes halogenated alkanes) is 1. The summed E-state index contributed by atoms with van der Waals surface area (Å²) in [6, 6.07) is 3.53. The zero-order valence-corrected chi connectivity index (χ0v) is 17.5. The van der Waals surface area contributed by atoms with Gasteiger partial charge in [0.05, 0.1) is 0 Å². The lowest BCUT2D eigenvalue weighted by Gasteiger charge is -2.35. The standard InChI is InChI=1S/C22H29N5O3/c1-2-3-11-27-19-17(9-6-10-23-19)24-18(22(27)30)21(29)26-14-12-25(13-15-26)20(28)16-7-4-5-8-16/h6,9-10,16H,2-5,7-8,11-15H2,1H3. The number of aryl methyl sites for hydroxylation is 1. The Morgan fingerprint density at radius 2 is 1.80 bits per heavy atom. The van der Waals surface area contributed by atoms with Crippen molar-refractivity contribution >= 4 is 23.0 Å². The van der Waals surface area contributed by atoms with Crippen LogP contribution in [0.25, 0.3) is 11.2 Å². The molecule has 0 N–H and O–H groups in total. The maximum Gasteiger partial charge on any atom is 0.283 e. The SMILES string of the molecule is CCCCn1c(=O)c(C(=O)N2CCN(C(=O)C3CCCC3)CC2)nc2cccnc21. The van der Waals surface area contributed by atoms with Crippen LogP contribution in [0.15, 0.2) is 23.1 Å². The highest BCUT2D eigenvalue weighted by Crippen LogP contribution is 2.27. The fraction of sp³-hybridized carbons (Fsp3) is 0.591. The quantitative estimate of drug-likeness (QED) is 0.752. The van der Waals surface area contributed by atoms with Gasteiger partial charge < -0.3 is 9.80 Å². The topological polar surface area (TPSA) is 88.4 Å². The molecule has 2 aromatic rings. The Bertz CT molecular complexity index is 988. The van der Waals surface area contributed by atoms with Crippen LogP contribution in [-0.2, 0) is 11.3 Å². The van der Waals surface area contributed by atoms with Crippen molar-refractivity contribution in [3.05, 3.63) is 34.4 Å². The van der Waals surface area contributed by atoms with Gasteiger partial charge in [-0.3, -0.25) is 19.0 Å². The molecule has 1 aliphatic carbocycles. The van der Waals surface area contributed by atoms with Gasteiger partial charge >= 0.3 is 0 Å². The van der Waals surface area contributed by atoms with Crippen LogP contribution in [0.2, 0.25) is 0 Å². The lowest BCUT2D eigenvalue weighted by atomic mass is 10.1. The Hall–Kier alpha value is -2.77. The number of hydrogen-bond donors (Lipinski definition) is 0. The number of pyridine rings is 1. The molecule has 3 heterocycles. The number of piperazine rings is 1. The van der Waals surface area contributed by atoms with Gasteiger partial charge in [0.2, 0.25) is 5.91 Å². The van der Waals surface area contributed by atoms with Gasteiger partial charge in [0.15, 0.2) is 11.3 Å². The first kappa shape index (κ1) is 20.5. The fourth-order valence-electron chi connectivity index (χ4n) is 4.45. The van der Waals surface area contributed by atoms with Crippen LogP contribution in [-0.4, -0.2) is 62.3 Å². The van der Waals surface area contributed by atoms with Crippen LogP contribution in [0.1, 0.15) is 55.9 Å². The summed E-state index contributed by atoms with van der Waals surface area (Å²) in [7, 11) is 0. The van der Waals surface area contributed by atoms with E-state index in [0.717, 1.165) is 38.5 Å². The zero-order valence-electron chi connectivity index (χ0n) is 17.5. The average molecular weight is 412 g/mol. The molecule has 30 heavy (non-hydrogen) atoms. The van der Waals surface area contributed by atoms with Gasteiger partial charge in [0.1, 0.15) is 5.52 Å². The Kier molecular flexibility index (Phi) is 6.11. The summed E-state index contributed by atoms with van der Waals surface area (Å²) < 4.78 is 1.57. The minimum absolute atomic E-state index is 0.0535. The minimum Gasteiger partial charge on any atom is -0.339 e. The van der Waals surface area contributed by atoms with E-state index in [1.54, 1.807) is 27.8 Å². The van der Waals surface area contributed by atoms with E-state index in [0.29, 0.717) is 43.9 Å². The Labute approximate surface area is 175 Å². The second-order valence-corrected chi connectivity index (χ2v) is 8.22. The minimum atomic E-state index is -0.385. The molecule has 2 aliphatic rings. The monoisotopic (exact) mass is 411 g/mol.